The molecule has 0 radical (unpaired) electrons. The fraction of sp³-hybridized carbons (Fsp3) is 0.571. The third kappa shape index (κ3) is 1.89. The third-order valence-electron chi connectivity index (χ3n) is 4.04. The van der Waals surface area contributed by atoms with Gasteiger partial charge in [-0.05, 0) is 72.3 Å². The van der Waals surface area contributed by atoms with Crippen molar-refractivity contribution in [3.05, 3.63) is 27.2 Å². The Morgan fingerprint density at radius 2 is 2.00 bits per heavy atom. The van der Waals surface area contributed by atoms with Gasteiger partial charge in [0.25, 0.3) is 0 Å². The Kier molecular flexibility index (Phi) is 3.25. The van der Waals surface area contributed by atoms with Crippen molar-refractivity contribution in [2.45, 2.75) is 45.1 Å². The molecule has 17 heavy (non-hydrogen) atoms. The molecule has 1 aliphatic carbocycles. The molecule has 1 aliphatic rings. The number of nitrogens with two attached hydrogens (primary N) is 1. The minimum absolute atomic E-state index is 0.197. The van der Waals surface area contributed by atoms with E-state index in [1.165, 1.54) is 29.5 Å². The predicted molar refractivity (Wildman–Crippen MR) is 74.7 cm³/mol. The molecule has 2 N–H and O–H groups in total. The van der Waals surface area contributed by atoms with E-state index < -0.39 is 0 Å². The van der Waals surface area contributed by atoms with Gasteiger partial charge < -0.3 is 10.5 Å². The van der Waals surface area contributed by atoms with Crippen molar-refractivity contribution in [2.75, 3.05) is 7.11 Å². The van der Waals surface area contributed by atoms with Crippen LogP contribution in [-0.2, 0) is 5.41 Å². The molecular formula is C14H20BrNO. The molecule has 0 amide bonds. The Labute approximate surface area is 112 Å². The first-order valence-corrected chi connectivity index (χ1v) is 6.83. The lowest BCUT2D eigenvalue weighted by Crippen LogP contribution is -2.33. The maximum Gasteiger partial charge on any atom is 0.133 e. The van der Waals surface area contributed by atoms with Crippen LogP contribution in [0.2, 0.25) is 0 Å². The Morgan fingerprint density at radius 1 is 1.41 bits per heavy atom. The van der Waals surface area contributed by atoms with E-state index in [1.807, 2.05) is 0 Å². The monoisotopic (exact) mass is 297 g/mol. The van der Waals surface area contributed by atoms with Crippen LogP contribution >= 0.6 is 15.9 Å². The highest BCUT2D eigenvalue weighted by Crippen LogP contribution is 2.54. The molecule has 0 heterocycles. The Hall–Kier alpha value is -0.540. The summed E-state index contributed by atoms with van der Waals surface area (Å²) in [6, 6.07) is 2.31. The highest BCUT2D eigenvalue weighted by atomic mass is 79.9. The summed E-state index contributed by atoms with van der Waals surface area (Å²) in [5.41, 5.74) is 10.4. The Morgan fingerprint density at radius 3 is 2.41 bits per heavy atom. The molecule has 3 heteroatoms. The summed E-state index contributed by atoms with van der Waals surface area (Å²) in [4.78, 5) is 0. The first-order chi connectivity index (χ1) is 7.94. The molecule has 0 aromatic heterocycles. The minimum Gasteiger partial charge on any atom is -0.496 e. The summed E-state index contributed by atoms with van der Waals surface area (Å²) in [7, 11) is 1.71. The van der Waals surface area contributed by atoms with Gasteiger partial charge in [-0.3, -0.25) is 0 Å². The summed E-state index contributed by atoms with van der Waals surface area (Å²) in [5.74, 6) is 0.907. The van der Waals surface area contributed by atoms with Crippen molar-refractivity contribution in [3.63, 3.8) is 0 Å². The number of methoxy groups -OCH3 is 1. The first-order valence-electron chi connectivity index (χ1n) is 6.04. The van der Waals surface area contributed by atoms with E-state index in [4.69, 9.17) is 10.5 Å². The molecule has 0 spiro atoms. The largest absolute Gasteiger partial charge is 0.496 e. The van der Waals surface area contributed by atoms with Gasteiger partial charge in [-0.25, -0.2) is 0 Å². The third-order valence-corrected chi connectivity index (χ3v) is 5.03. The van der Waals surface area contributed by atoms with Crippen LogP contribution < -0.4 is 10.5 Å². The zero-order valence-corrected chi connectivity index (χ0v) is 12.5. The first kappa shape index (κ1) is 12.9. The summed E-state index contributed by atoms with van der Waals surface area (Å²) < 4.78 is 6.44. The van der Waals surface area contributed by atoms with E-state index in [0.717, 1.165) is 10.2 Å². The normalized spacial score (nSPS) is 18.9. The number of halogens is 1. The van der Waals surface area contributed by atoms with Gasteiger partial charge in [0.2, 0.25) is 0 Å². The van der Waals surface area contributed by atoms with Crippen molar-refractivity contribution in [3.8, 4) is 5.75 Å². The molecule has 0 bridgehead atoms. The molecule has 1 unspecified atom stereocenters. The lowest BCUT2D eigenvalue weighted by atomic mass is 9.83. The van der Waals surface area contributed by atoms with E-state index in [9.17, 15) is 0 Å². The lowest BCUT2D eigenvalue weighted by molar-refractivity contribution is 0.410. The van der Waals surface area contributed by atoms with Gasteiger partial charge in [0.05, 0.1) is 11.6 Å². The van der Waals surface area contributed by atoms with Gasteiger partial charge in [0.1, 0.15) is 5.75 Å². The molecule has 94 valence electrons. The molecule has 1 saturated carbocycles. The van der Waals surface area contributed by atoms with Gasteiger partial charge >= 0.3 is 0 Å². The van der Waals surface area contributed by atoms with Gasteiger partial charge in [-0.1, -0.05) is 0 Å². The fourth-order valence-electron chi connectivity index (χ4n) is 2.90. The van der Waals surface area contributed by atoms with Gasteiger partial charge in [0, 0.05) is 11.5 Å². The molecule has 1 aromatic rings. The summed E-state index contributed by atoms with van der Waals surface area (Å²) in [6.07, 6.45) is 2.40. The smallest absolute Gasteiger partial charge is 0.133 e. The molecule has 0 saturated heterocycles. The molecule has 2 rings (SSSR count). The van der Waals surface area contributed by atoms with Crippen LogP contribution in [0.25, 0.3) is 0 Å². The van der Waals surface area contributed by atoms with E-state index in [0.29, 0.717) is 0 Å². The standard InChI is InChI=1S/C14H20BrNO/c1-8-7-11(17-4)13(15)9(2)12(8)14(5-6-14)10(3)16/h7,10H,5-6,16H2,1-4H3. The Balaban J connectivity index is 2.60. The van der Waals surface area contributed by atoms with Crippen molar-refractivity contribution >= 4 is 15.9 Å². The van der Waals surface area contributed by atoms with Crippen molar-refractivity contribution in [1.29, 1.82) is 0 Å². The highest BCUT2D eigenvalue weighted by Gasteiger charge is 2.49. The molecule has 1 atom stereocenters. The van der Waals surface area contributed by atoms with Crippen LogP contribution in [0.15, 0.2) is 10.5 Å². The number of hydrogen-bond donors (Lipinski definition) is 1. The second kappa shape index (κ2) is 4.29. The fourth-order valence-corrected chi connectivity index (χ4v) is 3.38. The molecule has 1 aromatic carbocycles. The van der Waals surface area contributed by atoms with Gasteiger partial charge in [-0.2, -0.15) is 0 Å². The number of benzene rings is 1. The molecule has 1 fully saturated rings. The van der Waals surface area contributed by atoms with E-state index in [2.05, 4.69) is 42.8 Å². The molecular weight excluding hydrogens is 278 g/mol. The van der Waals surface area contributed by atoms with E-state index in [1.54, 1.807) is 7.11 Å². The van der Waals surface area contributed by atoms with Crippen LogP contribution in [0.4, 0.5) is 0 Å². The SMILES string of the molecule is COc1cc(C)c(C2(C(C)N)CC2)c(C)c1Br. The van der Waals surface area contributed by atoms with Crippen LogP contribution in [0, 0.1) is 13.8 Å². The number of aryl methyl sites for hydroxylation is 1. The zero-order valence-electron chi connectivity index (χ0n) is 10.9. The quantitative estimate of drug-likeness (QED) is 0.927. The molecule has 2 nitrogen and oxygen atoms in total. The second-order valence-corrected chi connectivity index (χ2v) is 5.95. The predicted octanol–water partition coefficient (Wildman–Crippen LogP) is 3.45. The van der Waals surface area contributed by atoms with Crippen LogP contribution in [0.1, 0.15) is 36.5 Å². The van der Waals surface area contributed by atoms with E-state index in [-0.39, 0.29) is 11.5 Å². The molecule has 0 aliphatic heterocycles. The van der Waals surface area contributed by atoms with Crippen LogP contribution in [-0.4, -0.2) is 13.2 Å². The van der Waals surface area contributed by atoms with Crippen LogP contribution in [0.3, 0.4) is 0 Å². The Bertz CT molecular complexity index is 450. The van der Waals surface area contributed by atoms with Gasteiger partial charge in [-0.15, -0.1) is 0 Å². The average Bonchev–Trinajstić information content (AvgIpc) is 3.05. The number of rotatable bonds is 3. The zero-order chi connectivity index (χ0) is 12.8. The summed E-state index contributed by atoms with van der Waals surface area (Å²) >= 11 is 3.63. The number of hydrogen-bond acceptors (Lipinski definition) is 2. The lowest BCUT2D eigenvalue weighted by Gasteiger charge is -2.26. The average molecular weight is 298 g/mol. The van der Waals surface area contributed by atoms with Crippen molar-refractivity contribution in [2.24, 2.45) is 5.73 Å². The van der Waals surface area contributed by atoms with Crippen molar-refractivity contribution < 1.29 is 4.74 Å². The summed E-state index contributed by atoms with van der Waals surface area (Å²) in [5, 5.41) is 0. The van der Waals surface area contributed by atoms with Gasteiger partial charge in [0.15, 0.2) is 0 Å². The van der Waals surface area contributed by atoms with Crippen LogP contribution in [0.5, 0.6) is 5.75 Å². The highest BCUT2D eigenvalue weighted by molar-refractivity contribution is 9.10. The summed E-state index contributed by atoms with van der Waals surface area (Å²) in [6.45, 7) is 6.42. The maximum atomic E-state index is 6.18. The van der Waals surface area contributed by atoms with E-state index >= 15 is 0 Å². The van der Waals surface area contributed by atoms with Crippen molar-refractivity contribution in [1.82, 2.24) is 0 Å². The number of ether oxygens (including phenoxy) is 1. The topological polar surface area (TPSA) is 35.2 Å². The minimum atomic E-state index is 0.197. The second-order valence-electron chi connectivity index (χ2n) is 5.15. The maximum absolute atomic E-state index is 6.18.